The van der Waals surface area contributed by atoms with E-state index < -0.39 is 0 Å². The molecule has 0 radical (unpaired) electrons. The van der Waals surface area contributed by atoms with Gasteiger partial charge in [-0.3, -0.25) is 4.98 Å². The fraction of sp³-hybridized carbons (Fsp3) is 0. The second kappa shape index (κ2) is 11.5. The molecule has 0 aliphatic carbocycles. The number of pyridine rings is 1. The van der Waals surface area contributed by atoms with Gasteiger partial charge in [-0.2, -0.15) is 10.2 Å². The molecule has 0 unspecified atom stereocenters. The average molecular weight is 746 g/mol. The van der Waals surface area contributed by atoms with Crippen LogP contribution in [0.1, 0.15) is 0 Å². The first-order valence-electron chi connectivity index (χ1n) is 14.2. The molecule has 4 nitrogen and oxygen atoms in total. The van der Waals surface area contributed by atoms with E-state index in [-0.39, 0.29) is 26.8 Å². The van der Waals surface area contributed by atoms with Gasteiger partial charge < -0.3 is 5.11 Å². The van der Waals surface area contributed by atoms with Gasteiger partial charge >= 0.3 is 0 Å². The molecule has 0 amide bonds. The van der Waals surface area contributed by atoms with Crippen molar-refractivity contribution in [3.63, 3.8) is 0 Å². The zero-order chi connectivity index (χ0) is 28.8. The second-order valence-corrected chi connectivity index (χ2v) is 10.7. The minimum atomic E-state index is 0. The Bertz CT molecular complexity index is 2330. The van der Waals surface area contributed by atoms with Crippen LogP contribution in [0.5, 0.6) is 5.75 Å². The summed E-state index contributed by atoms with van der Waals surface area (Å²) >= 11 is 0. The number of aromatic hydroxyl groups is 1. The minimum Gasteiger partial charge on any atom is -0.507 e. The van der Waals surface area contributed by atoms with Crippen LogP contribution in [-0.4, -0.2) is 20.3 Å². The Balaban J connectivity index is 0.00000312. The predicted octanol–water partition coefficient (Wildman–Crippen LogP) is 9.50. The number of rotatable bonds is 4. The van der Waals surface area contributed by atoms with Crippen molar-refractivity contribution in [3.8, 4) is 50.6 Å². The molecular weight excluding hydrogens is 722 g/mol. The van der Waals surface area contributed by atoms with Crippen molar-refractivity contribution in [1.82, 2.24) is 15.2 Å². The first-order chi connectivity index (χ1) is 21.2. The average Bonchev–Trinajstić information content (AvgIpc) is 3.07. The third-order valence-electron chi connectivity index (χ3n) is 7.94. The molecule has 0 saturated heterocycles. The van der Waals surface area contributed by atoms with Crippen LogP contribution in [0.4, 0.5) is 0 Å². The van der Waals surface area contributed by atoms with Gasteiger partial charge in [0.2, 0.25) is 0 Å². The summed E-state index contributed by atoms with van der Waals surface area (Å²) in [5, 5.41) is 26.3. The summed E-state index contributed by atoms with van der Waals surface area (Å²) in [6.07, 6.45) is 1.78. The molecular formula is C39H24N3OPt-. The van der Waals surface area contributed by atoms with Crippen LogP contribution in [0.2, 0.25) is 0 Å². The molecule has 8 rings (SSSR count). The molecule has 5 heteroatoms. The van der Waals surface area contributed by atoms with E-state index >= 15 is 0 Å². The van der Waals surface area contributed by atoms with Gasteiger partial charge in [0.05, 0.1) is 11.9 Å². The van der Waals surface area contributed by atoms with Gasteiger partial charge in [-0.1, -0.05) is 102 Å². The van der Waals surface area contributed by atoms with Crippen molar-refractivity contribution in [2.45, 2.75) is 0 Å². The third-order valence-corrected chi connectivity index (χ3v) is 7.94. The fourth-order valence-corrected chi connectivity index (χ4v) is 5.76. The molecule has 6 aromatic carbocycles. The van der Waals surface area contributed by atoms with Gasteiger partial charge in [-0.25, -0.2) is 0 Å². The summed E-state index contributed by atoms with van der Waals surface area (Å²) < 4.78 is 0. The molecule has 0 aliphatic heterocycles. The molecule has 2 heterocycles. The number of benzene rings is 6. The van der Waals surface area contributed by atoms with Crippen LogP contribution in [0.3, 0.4) is 0 Å². The number of nitrogens with zero attached hydrogens (tertiary/aromatic N) is 3. The van der Waals surface area contributed by atoms with Crippen molar-refractivity contribution < 1.29 is 26.2 Å². The van der Waals surface area contributed by atoms with Crippen molar-refractivity contribution in [2.75, 3.05) is 0 Å². The molecule has 0 atom stereocenters. The van der Waals surface area contributed by atoms with Crippen molar-refractivity contribution in [1.29, 1.82) is 0 Å². The van der Waals surface area contributed by atoms with E-state index in [4.69, 9.17) is 4.98 Å². The van der Waals surface area contributed by atoms with Gasteiger partial charge in [-0.05, 0) is 67.7 Å². The maximum atomic E-state index is 11.2. The topological polar surface area (TPSA) is 58.9 Å². The fourth-order valence-electron chi connectivity index (χ4n) is 5.76. The first-order valence-corrected chi connectivity index (χ1v) is 14.2. The smallest absolute Gasteiger partial charge is 0.125 e. The Kier molecular flexibility index (Phi) is 7.21. The predicted molar refractivity (Wildman–Crippen MR) is 175 cm³/mol. The zero-order valence-electron chi connectivity index (χ0n) is 23.4. The van der Waals surface area contributed by atoms with E-state index in [9.17, 15) is 5.11 Å². The molecule has 0 bridgehead atoms. The van der Waals surface area contributed by atoms with E-state index in [1.807, 2.05) is 60.7 Å². The SMILES string of the molecule is Oc1cc2ccccc2cc1-c1cc(-c2ccc3ccccc3c2)cc(-c2[c-]c(-c3nncc4ccccc34)ccc2)n1.[Pt]. The maximum Gasteiger partial charge on any atom is 0.125 e. The molecule has 8 aromatic rings. The monoisotopic (exact) mass is 745 g/mol. The Morgan fingerprint density at radius 1 is 0.523 bits per heavy atom. The standard InChI is InChI=1S/C39H24N3O.Pt/c43-38-23-28-11-4-3-10-27(28)20-35(38)37-22-33(29-17-16-25-8-1-2-9-26(25)18-29)21-36(41-37)30-13-7-14-31(19-30)39-34-15-6-5-12-32(34)24-40-42-39;/h1-18,20-24,43H;/q-1;. The van der Waals surface area contributed by atoms with Crippen LogP contribution < -0.4 is 0 Å². The first kappa shape index (κ1) is 27.6. The van der Waals surface area contributed by atoms with E-state index in [2.05, 4.69) is 83.0 Å². The van der Waals surface area contributed by atoms with E-state index in [0.717, 1.165) is 60.6 Å². The molecule has 44 heavy (non-hydrogen) atoms. The van der Waals surface area contributed by atoms with Gasteiger partial charge in [-0.15, -0.1) is 24.3 Å². The Morgan fingerprint density at radius 3 is 2.00 bits per heavy atom. The van der Waals surface area contributed by atoms with Gasteiger partial charge in [0.1, 0.15) is 5.75 Å². The van der Waals surface area contributed by atoms with Crippen molar-refractivity contribution in [3.05, 3.63) is 146 Å². The summed E-state index contributed by atoms with van der Waals surface area (Å²) in [4.78, 5) is 5.10. The number of phenolic OH excluding ortho intramolecular Hbond substituents is 1. The molecule has 0 fully saturated rings. The Morgan fingerprint density at radius 2 is 1.18 bits per heavy atom. The molecule has 1 N–H and O–H groups in total. The molecule has 0 aliphatic rings. The van der Waals surface area contributed by atoms with E-state index in [1.54, 1.807) is 12.3 Å². The van der Waals surface area contributed by atoms with Gasteiger partial charge in [0.25, 0.3) is 0 Å². The summed E-state index contributed by atoms with van der Waals surface area (Å²) in [5.74, 6) is 0.191. The summed E-state index contributed by atoms with van der Waals surface area (Å²) in [7, 11) is 0. The Hall–Kier alpha value is -5.18. The van der Waals surface area contributed by atoms with Gasteiger partial charge in [0.15, 0.2) is 0 Å². The maximum absolute atomic E-state index is 11.2. The van der Waals surface area contributed by atoms with E-state index in [0.29, 0.717) is 11.3 Å². The minimum absolute atomic E-state index is 0. The summed E-state index contributed by atoms with van der Waals surface area (Å²) in [6.45, 7) is 0. The second-order valence-electron chi connectivity index (χ2n) is 10.7. The number of hydrogen-bond acceptors (Lipinski definition) is 4. The molecule has 0 spiro atoms. The normalized spacial score (nSPS) is 11.1. The van der Waals surface area contributed by atoms with Crippen LogP contribution >= 0.6 is 0 Å². The molecule has 0 saturated carbocycles. The summed E-state index contributed by atoms with van der Waals surface area (Å²) in [5.41, 5.74) is 6.64. The van der Waals surface area contributed by atoms with Crippen LogP contribution in [0.25, 0.3) is 77.2 Å². The summed E-state index contributed by atoms with van der Waals surface area (Å²) in [6, 6.07) is 48.5. The number of aromatic nitrogens is 3. The quantitative estimate of drug-likeness (QED) is 0.183. The molecule has 2 aromatic heterocycles. The van der Waals surface area contributed by atoms with E-state index in [1.165, 1.54) is 5.39 Å². The molecule has 212 valence electrons. The van der Waals surface area contributed by atoms with Crippen LogP contribution in [0, 0.1) is 6.07 Å². The number of phenols is 1. The van der Waals surface area contributed by atoms with Crippen LogP contribution in [0.15, 0.2) is 140 Å². The van der Waals surface area contributed by atoms with Gasteiger partial charge in [0, 0.05) is 38.0 Å². The third kappa shape index (κ3) is 5.04. The van der Waals surface area contributed by atoms with Crippen LogP contribution in [-0.2, 0) is 21.1 Å². The Labute approximate surface area is 269 Å². The number of hydrogen-bond donors (Lipinski definition) is 1. The number of fused-ring (bicyclic) bond motifs is 3. The zero-order valence-corrected chi connectivity index (χ0v) is 25.7. The largest absolute Gasteiger partial charge is 0.507 e. The van der Waals surface area contributed by atoms with Crippen molar-refractivity contribution >= 4 is 32.3 Å². The van der Waals surface area contributed by atoms with Crippen molar-refractivity contribution in [2.24, 2.45) is 0 Å².